The molecule has 0 aliphatic rings. The van der Waals surface area contributed by atoms with Gasteiger partial charge in [-0.25, -0.2) is 4.98 Å². The van der Waals surface area contributed by atoms with Crippen molar-refractivity contribution in [1.29, 1.82) is 0 Å². The Bertz CT molecular complexity index is 863. The maximum absolute atomic E-state index is 5.93. The lowest BCUT2D eigenvalue weighted by molar-refractivity contribution is 0.488. The van der Waals surface area contributed by atoms with Gasteiger partial charge in [0.05, 0.1) is 5.69 Å². The van der Waals surface area contributed by atoms with Crippen LogP contribution in [-0.2, 0) is 0 Å². The largest absolute Gasteiger partial charge is 0.382 e. The van der Waals surface area contributed by atoms with Gasteiger partial charge in [0.15, 0.2) is 0 Å². The van der Waals surface area contributed by atoms with Gasteiger partial charge in [-0.2, -0.15) is 0 Å². The topological polar surface area (TPSA) is 75.9 Å². The van der Waals surface area contributed by atoms with Gasteiger partial charge in [-0.05, 0) is 48.6 Å². The van der Waals surface area contributed by atoms with Crippen molar-refractivity contribution in [3.8, 4) is 0 Å². The van der Waals surface area contributed by atoms with Gasteiger partial charge in [0.25, 0.3) is 0 Å². The fourth-order valence-corrected chi connectivity index (χ4v) is 3.20. The first kappa shape index (κ1) is 19.8. The van der Waals surface area contributed by atoms with Gasteiger partial charge in [-0.3, -0.25) is 4.98 Å². The van der Waals surface area contributed by atoms with Crippen LogP contribution in [0.15, 0.2) is 67.0 Å². The highest BCUT2D eigenvalue weighted by Gasteiger charge is 2.14. The summed E-state index contributed by atoms with van der Waals surface area (Å²) in [6.07, 6.45) is 4.62. The third kappa shape index (κ3) is 5.54. The summed E-state index contributed by atoms with van der Waals surface area (Å²) >= 11 is 0. The first-order valence-corrected chi connectivity index (χ1v) is 9.78. The van der Waals surface area contributed by atoms with E-state index in [1.54, 1.807) is 6.20 Å². The van der Waals surface area contributed by atoms with Crippen LogP contribution in [-0.4, -0.2) is 23.1 Å². The first-order chi connectivity index (χ1) is 13.6. The van der Waals surface area contributed by atoms with Crippen LogP contribution in [0.1, 0.15) is 46.4 Å². The Morgan fingerprint density at radius 2 is 1.82 bits per heavy atom. The average molecular weight is 382 g/mol. The van der Waals surface area contributed by atoms with E-state index >= 15 is 0 Å². The SMILES string of the molecule is Cc1ccc([C@@H](C)CN[C@@H](CCNc2cccnc2N)c2ccccc2)cn1.[HH].[HH].[HH]. The summed E-state index contributed by atoms with van der Waals surface area (Å²) in [5, 5.41) is 7.14. The third-order valence-electron chi connectivity index (χ3n) is 4.96. The fraction of sp³-hybridized carbons (Fsp3) is 0.304. The molecule has 0 spiro atoms. The maximum Gasteiger partial charge on any atom is 0.146 e. The van der Waals surface area contributed by atoms with Crippen LogP contribution < -0.4 is 16.4 Å². The van der Waals surface area contributed by atoms with E-state index in [1.807, 2.05) is 25.3 Å². The lowest BCUT2D eigenvalue weighted by Gasteiger charge is -2.22. The van der Waals surface area contributed by atoms with Crippen LogP contribution in [0.25, 0.3) is 0 Å². The number of nitrogens with zero attached hydrogens (tertiary/aromatic N) is 2. The number of nitrogens with one attached hydrogen (secondary N) is 2. The highest BCUT2D eigenvalue weighted by Crippen LogP contribution is 2.21. The summed E-state index contributed by atoms with van der Waals surface area (Å²) in [5.41, 5.74) is 10.4. The molecule has 152 valence electrons. The van der Waals surface area contributed by atoms with Gasteiger partial charge in [0.1, 0.15) is 5.82 Å². The lowest BCUT2D eigenvalue weighted by atomic mass is 10.00. The van der Waals surface area contributed by atoms with Crippen molar-refractivity contribution in [1.82, 2.24) is 15.3 Å². The van der Waals surface area contributed by atoms with Crippen LogP contribution in [0.5, 0.6) is 0 Å². The molecule has 0 aliphatic carbocycles. The quantitative estimate of drug-likeness (QED) is 0.484. The minimum absolute atomic E-state index is 0. The van der Waals surface area contributed by atoms with Crippen molar-refractivity contribution in [2.45, 2.75) is 32.2 Å². The number of aromatic nitrogens is 2. The van der Waals surface area contributed by atoms with Crippen molar-refractivity contribution in [2.24, 2.45) is 0 Å². The zero-order valence-corrected chi connectivity index (χ0v) is 16.6. The second-order valence-corrected chi connectivity index (χ2v) is 7.16. The van der Waals surface area contributed by atoms with Crippen molar-refractivity contribution in [2.75, 3.05) is 24.1 Å². The third-order valence-corrected chi connectivity index (χ3v) is 4.96. The van der Waals surface area contributed by atoms with E-state index in [9.17, 15) is 0 Å². The summed E-state index contributed by atoms with van der Waals surface area (Å²) in [6.45, 7) is 5.94. The molecule has 0 saturated carbocycles. The minimum atomic E-state index is 0. The molecule has 0 amide bonds. The van der Waals surface area contributed by atoms with E-state index in [0.29, 0.717) is 11.7 Å². The number of pyridine rings is 2. The molecule has 2 heterocycles. The molecule has 2 atom stereocenters. The van der Waals surface area contributed by atoms with Crippen LogP contribution in [0.4, 0.5) is 11.5 Å². The van der Waals surface area contributed by atoms with E-state index in [-0.39, 0.29) is 10.3 Å². The molecule has 4 N–H and O–H groups in total. The predicted molar refractivity (Wildman–Crippen MR) is 123 cm³/mol. The zero-order chi connectivity index (χ0) is 19.8. The van der Waals surface area contributed by atoms with Crippen LogP contribution in [0.2, 0.25) is 0 Å². The molecule has 0 saturated heterocycles. The standard InChI is InChI=1S/C23H29N5.3H2/c1-17(20-11-10-18(2)27-16-20)15-28-21(19-7-4-3-5-8-19)12-14-25-22-9-6-13-26-23(22)24;;;/h3-11,13,16-17,21,25,28H,12,14-15H2,1-2H3,(H2,24,26);3*1H/t17-,21-;;;/m0.../s1. The van der Waals surface area contributed by atoms with Crippen LogP contribution in [0.3, 0.4) is 0 Å². The van der Waals surface area contributed by atoms with Crippen molar-refractivity contribution in [3.05, 3.63) is 83.8 Å². The molecule has 1 aromatic carbocycles. The van der Waals surface area contributed by atoms with E-state index < -0.39 is 0 Å². The molecule has 28 heavy (non-hydrogen) atoms. The zero-order valence-electron chi connectivity index (χ0n) is 16.6. The normalized spacial score (nSPS) is 13.1. The van der Waals surface area contributed by atoms with Gasteiger partial charge in [-0.15, -0.1) is 0 Å². The molecule has 0 unspecified atom stereocenters. The molecular weight excluding hydrogens is 346 g/mol. The van der Waals surface area contributed by atoms with E-state index in [2.05, 4.69) is 70.0 Å². The van der Waals surface area contributed by atoms with Gasteiger partial charge in [-0.1, -0.05) is 43.3 Å². The fourth-order valence-electron chi connectivity index (χ4n) is 3.20. The number of rotatable bonds is 9. The summed E-state index contributed by atoms with van der Waals surface area (Å²) < 4.78 is 0. The van der Waals surface area contributed by atoms with E-state index in [0.717, 1.165) is 30.9 Å². The second-order valence-electron chi connectivity index (χ2n) is 7.16. The Labute approximate surface area is 171 Å². The summed E-state index contributed by atoms with van der Waals surface area (Å²) in [5.74, 6) is 0.924. The van der Waals surface area contributed by atoms with Crippen molar-refractivity contribution >= 4 is 11.5 Å². The molecule has 2 aromatic heterocycles. The summed E-state index contributed by atoms with van der Waals surface area (Å²) in [4.78, 5) is 8.55. The number of hydrogen-bond acceptors (Lipinski definition) is 5. The maximum atomic E-state index is 5.93. The monoisotopic (exact) mass is 381 g/mol. The van der Waals surface area contributed by atoms with Crippen molar-refractivity contribution in [3.63, 3.8) is 0 Å². The highest BCUT2D eigenvalue weighted by atomic mass is 15.0. The molecule has 5 nitrogen and oxygen atoms in total. The molecule has 0 aliphatic heterocycles. The Morgan fingerprint density at radius 1 is 1.00 bits per heavy atom. The summed E-state index contributed by atoms with van der Waals surface area (Å²) in [7, 11) is 0. The minimum Gasteiger partial charge on any atom is -0.382 e. The number of nitrogen functional groups attached to an aromatic ring is 1. The number of nitrogens with two attached hydrogens (primary N) is 1. The average Bonchev–Trinajstić information content (AvgIpc) is 2.72. The molecule has 0 bridgehead atoms. The van der Waals surface area contributed by atoms with Gasteiger partial charge < -0.3 is 16.4 Å². The van der Waals surface area contributed by atoms with Crippen LogP contribution in [0, 0.1) is 6.92 Å². The molecule has 0 fully saturated rings. The Balaban J connectivity index is 0.00000300. The summed E-state index contributed by atoms with van der Waals surface area (Å²) in [6, 6.07) is 18.9. The van der Waals surface area contributed by atoms with E-state index in [4.69, 9.17) is 5.73 Å². The lowest BCUT2D eigenvalue weighted by Crippen LogP contribution is -2.27. The molecule has 3 rings (SSSR count). The van der Waals surface area contributed by atoms with Crippen LogP contribution >= 0.6 is 0 Å². The number of hydrogen-bond donors (Lipinski definition) is 3. The van der Waals surface area contributed by atoms with Crippen molar-refractivity contribution < 1.29 is 4.28 Å². The predicted octanol–water partition coefficient (Wildman–Crippen LogP) is 5.04. The number of benzene rings is 1. The molecule has 5 heteroatoms. The van der Waals surface area contributed by atoms with E-state index in [1.165, 1.54) is 11.1 Å². The molecular formula is C23H35N5. The van der Waals surface area contributed by atoms with Gasteiger partial charge >= 0.3 is 0 Å². The first-order valence-electron chi connectivity index (χ1n) is 9.78. The Morgan fingerprint density at radius 3 is 2.54 bits per heavy atom. The van der Waals surface area contributed by atoms with Gasteiger partial charge in [0, 0.05) is 41.5 Å². The molecule has 0 radical (unpaired) electrons. The molecule has 3 aromatic rings. The number of aryl methyl sites for hydroxylation is 1. The highest BCUT2D eigenvalue weighted by molar-refractivity contribution is 5.60. The number of anilines is 2. The Hall–Kier alpha value is -2.92. The second kappa shape index (κ2) is 9.85. The van der Waals surface area contributed by atoms with Gasteiger partial charge in [0.2, 0.25) is 0 Å². The Kier molecular flexibility index (Phi) is 6.98. The smallest absolute Gasteiger partial charge is 0.146 e.